The van der Waals surface area contributed by atoms with Crippen LogP contribution in [0, 0.1) is 0 Å². The Labute approximate surface area is 168 Å². The Bertz CT molecular complexity index is 982. The molecule has 1 aliphatic rings. The highest BCUT2D eigenvalue weighted by Crippen LogP contribution is 2.29. The number of carbonyl (C=O) groups is 3. The number of nitrogens with zero attached hydrogens (tertiary/aromatic N) is 1. The fourth-order valence-electron chi connectivity index (χ4n) is 2.81. The largest absolute Gasteiger partial charge is 0.493 e. The summed E-state index contributed by atoms with van der Waals surface area (Å²) in [7, 11) is 1.49. The summed E-state index contributed by atoms with van der Waals surface area (Å²) >= 11 is 0. The van der Waals surface area contributed by atoms with Gasteiger partial charge in [0, 0.05) is 0 Å². The number of rotatable bonds is 7. The van der Waals surface area contributed by atoms with Crippen molar-refractivity contribution in [2.24, 2.45) is 0 Å². The van der Waals surface area contributed by atoms with E-state index >= 15 is 0 Å². The van der Waals surface area contributed by atoms with Crippen molar-refractivity contribution < 1.29 is 23.9 Å². The molecular formula is C22H20N2O5. The second-order valence-corrected chi connectivity index (χ2v) is 6.20. The van der Waals surface area contributed by atoms with E-state index in [0.717, 1.165) is 10.5 Å². The van der Waals surface area contributed by atoms with Crippen LogP contribution < -0.4 is 14.8 Å². The average molecular weight is 392 g/mol. The molecule has 3 rings (SSSR count). The third-order valence-corrected chi connectivity index (χ3v) is 4.22. The van der Waals surface area contributed by atoms with Gasteiger partial charge in [-0.25, -0.2) is 4.79 Å². The summed E-state index contributed by atoms with van der Waals surface area (Å²) in [6.07, 6.45) is 3.03. The maximum Gasteiger partial charge on any atom is 0.331 e. The van der Waals surface area contributed by atoms with Gasteiger partial charge in [0.1, 0.15) is 12.2 Å². The maximum atomic E-state index is 12.8. The van der Waals surface area contributed by atoms with Gasteiger partial charge in [-0.05, 0) is 29.3 Å². The molecule has 0 saturated carbocycles. The molecule has 1 aliphatic heterocycles. The van der Waals surface area contributed by atoms with E-state index in [4.69, 9.17) is 9.47 Å². The zero-order valence-corrected chi connectivity index (χ0v) is 15.9. The van der Waals surface area contributed by atoms with E-state index in [1.807, 2.05) is 18.2 Å². The Morgan fingerprint density at radius 2 is 1.83 bits per heavy atom. The maximum absolute atomic E-state index is 12.8. The van der Waals surface area contributed by atoms with Crippen molar-refractivity contribution in [2.45, 2.75) is 6.54 Å². The number of methoxy groups -OCH3 is 1. The normalized spacial score (nSPS) is 15.3. The van der Waals surface area contributed by atoms with Crippen LogP contribution >= 0.6 is 0 Å². The highest BCUT2D eigenvalue weighted by molar-refractivity contribution is 6.30. The molecule has 7 nitrogen and oxygen atoms in total. The van der Waals surface area contributed by atoms with Gasteiger partial charge in [-0.1, -0.05) is 49.1 Å². The molecule has 2 aromatic carbocycles. The molecule has 0 bridgehead atoms. The predicted octanol–water partition coefficient (Wildman–Crippen LogP) is 2.92. The third-order valence-electron chi connectivity index (χ3n) is 4.22. The summed E-state index contributed by atoms with van der Waals surface area (Å²) in [5, 5.41) is 2.21. The van der Waals surface area contributed by atoms with Gasteiger partial charge in [0.2, 0.25) is 0 Å². The lowest BCUT2D eigenvalue weighted by atomic mass is 10.1. The van der Waals surface area contributed by atoms with Crippen molar-refractivity contribution >= 4 is 23.9 Å². The standard InChI is InChI=1S/C22H20N2O5/c1-3-11-29-18-10-9-16(13-19(18)28-2)12-17-20(25)23-22(27)24(21(17)26)14-15-7-5-4-6-8-15/h3-10,12-13H,1,11,14H2,2H3,(H,23,25,27)/b17-12-. The second-order valence-electron chi connectivity index (χ2n) is 6.20. The van der Waals surface area contributed by atoms with Crippen molar-refractivity contribution in [2.75, 3.05) is 13.7 Å². The van der Waals surface area contributed by atoms with Gasteiger partial charge in [0.05, 0.1) is 13.7 Å². The van der Waals surface area contributed by atoms with E-state index < -0.39 is 17.8 Å². The van der Waals surface area contributed by atoms with Crippen LogP contribution in [-0.4, -0.2) is 36.5 Å². The summed E-state index contributed by atoms with van der Waals surface area (Å²) in [6, 6.07) is 13.3. The van der Waals surface area contributed by atoms with E-state index in [2.05, 4.69) is 11.9 Å². The Kier molecular flexibility index (Phi) is 6.09. The summed E-state index contributed by atoms with van der Waals surface area (Å²) < 4.78 is 10.8. The molecule has 0 aromatic heterocycles. The van der Waals surface area contributed by atoms with Crippen molar-refractivity contribution in [1.82, 2.24) is 10.2 Å². The molecule has 148 valence electrons. The average Bonchev–Trinajstić information content (AvgIpc) is 2.73. The van der Waals surface area contributed by atoms with Gasteiger partial charge in [-0.2, -0.15) is 0 Å². The van der Waals surface area contributed by atoms with E-state index in [1.165, 1.54) is 13.2 Å². The zero-order chi connectivity index (χ0) is 20.8. The van der Waals surface area contributed by atoms with Gasteiger partial charge < -0.3 is 9.47 Å². The van der Waals surface area contributed by atoms with Crippen molar-refractivity contribution in [3.8, 4) is 11.5 Å². The molecule has 29 heavy (non-hydrogen) atoms. The fourth-order valence-corrected chi connectivity index (χ4v) is 2.81. The molecule has 1 fully saturated rings. The number of benzene rings is 2. The molecular weight excluding hydrogens is 372 g/mol. The van der Waals surface area contributed by atoms with E-state index in [1.54, 1.807) is 36.4 Å². The highest BCUT2D eigenvalue weighted by atomic mass is 16.5. The second kappa shape index (κ2) is 8.88. The van der Waals surface area contributed by atoms with Crippen LogP contribution in [0.1, 0.15) is 11.1 Å². The third kappa shape index (κ3) is 4.52. The lowest BCUT2D eigenvalue weighted by Gasteiger charge is -2.26. The van der Waals surface area contributed by atoms with Crippen molar-refractivity contribution in [3.05, 3.63) is 77.9 Å². The number of carbonyl (C=O) groups excluding carboxylic acids is 3. The lowest BCUT2D eigenvalue weighted by Crippen LogP contribution is -2.53. The molecule has 2 aromatic rings. The van der Waals surface area contributed by atoms with Gasteiger partial charge in [-0.3, -0.25) is 19.8 Å². The van der Waals surface area contributed by atoms with E-state index in [-0.39, 0.29) is 12.1 Å². The molecule has 1 N–H and O–H groups in total. The molecule has 0 atom stereocenters. The molecule has 1 saturated heterocycles. The van der Waals surface area contributed by atoms with Crippen LogP contribution in [-0.2, 0) is 16.1 Å². The molecule has 0 unspecified atom stereocenters. The highest BCUT2D eigenvalue weighted by Gasteiger charge is 2.35. The number of urea groups is 1. The Balaban J connectivity index is 1.89. The van der Waals surface area contributed by atoms with Gasteiger partial charge >= 0.3 is 6.03 Å². The minimum atomic E-state index is -0.744. The minimum Gasteiger partial charge on any atom is -0.493 e. The first kappa shape index (κ1) is 19.9. The van der Waals surface area contributed by atoms with Crippen LogP contribution in [0.3, 0.4) is 0 Å². The monoisotopic (exact) mass is 392 g/mol. The molecule has 7 heteroatoms. The topological polar surface area (TPSA) is 84.9 Å². The first-order chi connectivity index (χ1) is 14.0. The molecule has 4 amide bonds. The number of hydrogen-bond acceptors (Lipinski definition) is 5. The van der Waals surface area contributed by atoms with E-state index in [9.17, 15) is 14.4 Å². The van der Waals surface area contributed by atoms with Gasteiger partial charge in [-0.15, -0.1) is 0 Å². The van der Waals surface area contributed by atoms with Gasteiger partial charge in [0.25, 0.3) is 11.8 Å². The number of nitrogens with one attached hydrogen (secondary N) is 1. The molecule has 0 aliphatic carbocycles. The number of ether oxygens (including phenoxy) is 2. The smallest absolute Gasteiger partial charge is 0.331 e. The first-order valence-corrected chi connectivity index (χ1v) is 8.88. The summed E-state index contributed by atoms with van der Waals surface area (Å²) in [4.78, 5) is 38.3. The summed E-state index contributed by atoms with van der Waals surface area (Å²) in [5.41, 5.74) is 1.19. The minimum absolute atomic E-state index is 0.0633. The van der Waals surface area contributed by atoms with Crippen LogP contribution in [0.15, 0.2) is 66.8 Å². The zero-order valence-electron chi connectivity index (χ0n) is 15.9. The van der Waals surface area contributed by atoms with Crippen LogP contribution in [0.5, 0.6) is 11.5 Å². The van der Waals surface area contributed by atoms with Crippen molar-refractivity contribution in [1.29, 1.82) is 0 Å². The first-order valence-electron chi connectivity index (χ1n) is 8.88. The number of hydrogen-bond donors (Lipinski definition) is 1. The molecule has 0 radical (unpaired) electrons. The summed E-state index contributed by atoms with van der Waals surface area (Å²) in [5.74, 6) is -0.444. The van der Waals surface area contributed by atoms with Crippen LogP contribution in [0.4, 0.5) is 4.79 Å². The quantitative estimate of drug-likeness (QED) is 0.445. The Morgan fingerprint density at radius 1 is 1.07 bits per heavy atom. The van der Waals surface area contributed by atoms with Crippen LogP contribution in [0.2, 0.25) is 0 Å². The molecule has 0 spiro atoms. The Morgan fingerprint density at radius 3 is 2.52 bits per heavy atom. The predicted molar refractivity (Wildman–Crippen MR) is 107 cm³/mol. The SMILES string of the molecule is C=CCOc1ccc(/C=C2/C(=O)NC(=O)N(Cc3ccccc3)C2=O)cc1OC. The van der Waals surface area contributed by atoms with E-state index in [0.29, 0.717) is 23.7 Å². The lowest BCUT2D eigenvalue weighted by molar-refractivity contribution is -0.130. The fraction of sp³-hybridized carbons (Fsp3) is 0.136. The number of amides is 4. The number of barbiturate groups is 1. The number of imide groups is 2. The van der Waals surface area contributed by atoms with Crippen LogP contribution in [0.25, 0.3) is 6.08 Å². The summed E-state index contributed by atoms with van der Waals surface area (Å²) in [6.45, 7) is 3.97. The van der Waals surface area contributed by atoms with Gasteiger partial charge in [0.15, 0.2) is 11.5 Å². The van der Waals surface area contributed by atoms with Crippen molar-refractivity contribution in [3.63, 3.8) is 0 Å². The molecule has 1 heterocycles. The Hall–Kier alpha value is -3.87.